The molecular formula is C20H23Cl2N3O2. The summed E-state index contributed by atoms with van der Waals surface area (Å²) in [4.78, 5) is 26.5. The van der Waals surface area contributed by atoms with Crippen LogP contribution in [-0.4, -0.2) is 36.3 Å². The number of nitrogens with one attached hydrogen (secondary N) is 2. The van der Waals surface area contributed by atoms with Gasteiger partial charge in [-0.15, -0.1) is 0 Å². The summed E-state index contributed by atoms with van der Waals surface area (Å²) in [6.45, 7) is 7.91. The number of hydrogen-bond acceptors (Lipinski definition) is 3. The fourth-order valence-electron chi connectivity index (χ4n) is 2.56. The molecule has 0 saturated heterocycles. The Labute approximate surface area is 169 Å². The van der Waals surface area contributed by atoms with Crippen molar-refractivity contribution in [3.63, 3.8) is 0 Å². The van der Waals surface area contributed by atoms with Gasteiger partial charge in [0.15, 0.2) is 0 Å². The van der Waals surface area contributed by atoms with Crippen LogP contribution in [0.3, 0.4) is 0 Å². The predicted molar refractivity (Wildman–Crippen MR) is 112 cm³/mol. The van der Waals surface area contributed by atoms with E-state index in [4.69, 9.17) is 23.2 Å². The molecule has 0 aliphatic rings. The molecule has 0 aliphatic heterocycles. The zero-order valence-electron chi connectivity index (χ0n) is 15.6. The summed E-state index contributed by atoms with van der Waals surface area (Å²) >= 11 is 11.8. The highest BCUT2D eigenvalue weighted by molar-refractivity contribution is 6.42. The molecule has 5 nitrogen and oxygen atoms in total. The highest BCUT2D eigenvalue weighted by Gasteiger charge is 2.11. The molecule has 0 atom stereocenters. The first-order valence-corrected chi connectivity index (χ1v) is 9.48. The maximum absolute atomic E-state index is 12.4. The Hall–Kier alpha value is -2.08. The summed E-state index contributed by atoms with van der Waals surface area (Å²) < 4.78 is 0. The van der Waals surface area contributed by atoms with E-state index >= 15 is 0 Å². The van der Waals surface area contributed by atoms with Gasteiger partial charge in [0.2, 0.25) is 5.91 Å². The monoisotopic (exact) mass is 407 g/mol. The molecular weight excluding hydrogens is 385 g/mol. The highest BCUT2D eigenvalue weighted by atomic mass is 35.5. The Bertz CT molecular complexity index is 836. The summed E-state index contributed by atoms with van der Waals surface area (Å²) in [6.07, 6.45) is 0. The molecule has 2 aromatic carbocycles. The molecule has 0 radical (unpaired) electrons. The van der Waals surface area contributed by atoms with E-state index in [9.17, 15) is 9.59 Å². The van der Waals surface area contributed by atoms with Gasteiger partial charge in [-0.1, -0.05) is 37.0 Å². The van der Waals surface area contributed by atoms with Crippen LogP contribution in [0.15, 0.2) is 36.4 Å². The van der Waals surface area contributed by atoms with Gasteiger partial charge in [-0.05, 0) is 62.0 Å². The van der Waals surface area contributed by atoms with Gasteiger partial charge in [-0.3, -0.25) is 14.5 Å². The van der Waals surface area contributed by atoms with Crippen molar-refractivity contribution in [2.45, 2.75) is 20.8 Å². The van der Waals surface area contributed by atoms with Gasteiger partial charge in [-0.2, -0.15) is 0 Å². The van der Waals surface area contributed by atoms with Gasteiger partial charge in [0, 0.05) is 16.9 Å². The molecule has 0 saturated carbocycles. The summed E-state index contributed by atoms with van der Waals surface area (Å²) in [5.41, 5.74) is 2.62. The molecule has 144 valence electrons. The van der Waals surface area contributed by atoms with Gasteiger partial charge in [0.25, 0.3) is 5.91 Å². The molecule has 0 spiro atoms. The molecule has 0 aromatic heterocycles. The fourth-order valence-corrected chi connectivity index (χ4v) is 2.86. The van der Waals surface area contributed by atoms with Crippen molar-refractivity contribution in [1.29, 1.82) is 0 Å². The second-order valence-electron chi connectivity index (χ2n) is 6.12. The van der Waals surface area contributed by atoms with Crippen LogP contribution in [0.2, 0.25) is 10.0 Å². The SMILES string of the molecule is CCN(CC)CC(=O)Nc1ccc(NC(=O)c2ccc(Cl)c(Cl)c2)cc1C. The van der Waals surface area contributed by atoms with Gasteiger partial charge < -0.3 is 10.6 Å². The lowest BCUT2D eigenvalue weighted by Crippen LogP contribution is -2.33. The number of carbonyl (C=O) groups is 2. The molecule has 0 fully saturated rings. The summed E-state index contributed by atoms with van der Waals surface area (Å²) in [7, 11) is 0. The number of hydrogen-bond donors (Lipinski definition) is 2. The Morgan fingerprint density at radius 1 is 0.963 bits per heavy atom. The van der Waals surface area contributed by atoms with E-state index in [0.29, 0.717) is 27.8 Å². The number of rotatable bonds is 7. The van der Waals surface area contributed by atoms with Crippen LogP contribution in [0.1, 0.15) is 29.8 Å². The Morgan fingerprint density at radius 2 is 1.67 bits per heavy atom. The number of nitrogens with zero attached hydrogens (tertiary/aromatic N) is 1. The van der Waals surface area contributed by atoms with E-state index in [1.165, 1.54) is 6.07 Å². The third kappa shape index (κ3) is 5.96. The standard InChI is InChI=1S/C20H23Cl2N3O2/c1-4-25(5-2)12-19(26)24-18-9-7-15(10-13(18)3)23-20(27)14-6-8-16(21)17(22)11-14/h6-11H,4-5,12H2,1-3H3,(H,23,27)(H,24,26). The molecule has 27 heavy (non-hydrogen) atoms. The zero-order valence-corrected chi connectivity index (χ0v) is 17.1. The first kappa shape index (κ1) is 21.2. The van der Waals surface area contributed by atoms with Crippen LogP contribution in [0.25, 0.3) is 0 Å². The lowest BCUT2D eigenvalue weighted by molar-refractivity contribution is -0.117. The minimum Gasteiger partial charge on any atom is -0.325 e. The largest absolute Gasteiger partial charge is 0.325 e. The number of benzene rings is 2. The fraction of sp³-hybridized carbons (Fsp3) is 0.300. The number of likely N-dealkylation sites (N-methyl/N-ethyl adjacent to an activating group) is 1. The van der Waals surface area contributed by atoms with Gasteiger partial charge in [0.1, 0.15) is 0 Å². The predicted octanol–water partition coefficient (Wildman–Crippen LogP) is 4.83. The van der Waals surface area contributed by atoms with E-state index in [1.54, 1.807) is 24.3 Å². The highest BCUT2D eigenvalue weighted by Crippen LogP contribution is 2.24. The third-order valence-electron chi connectivity index (χ3n) is 4.20. The van der Waals surface area contributed by atoms with Crippen molar-refractivity contribution in [1.82, 2.24) is 4.90 Å². The second kappa shape index (κ2) is 9.74. The van der Waals surface area contributed by atoms with Crippen molar-refractivity contribution in [3.05, 3.63) is 57.6 Å². The third-order valence-corrected chi connectivity index (χ3v) is 4.94. The Balaban J connectivity index is 2.04. The summed E-state index contributed by atoms with van der Waals surface area (Å²) in [5, 5.41) is 6.45. The second-order valence-corrected chi connectivity index (χ2v) is 6.94. The lowest BCUT2D eigenvalue weighted by atomic mass is 10.1. The quantitative estimate of drug-likeness (QED) is 0.690. The molecule has 2 aromatic rings. The van der Waals surface area contributed by atoms with E-state index < -0.39 is 0 Å². The van der Waals surface area contributed by atoms with Crippen molar-refractivity contribution >= 4 is 46.4 Å². The summed E-state index contributed by atoms with van der Waals surface area (Å²) in [5.74, 6) is -0.347. The number of aryl methyl sites for hydroxylation is 1. The van der Waals surface area contributed by atoms with Crippen molar-refractivity contribution in [2.24, 2.45) is 0 Å². The number of halogens is 2. The Kier molecular flexibility index (Phi) is 7.66. The van der Waals surface area contributed by atoms with Crippen LogP contribution in [-0.2, 0) is 4.79 Å². The maximum Gasteiger partial charge on any atom is 0.255 e. The minimum atomic E-state index is -0.286. The van der Waals surface area contributed by atoms with Crippen LogP contribution in [0.5, 0.6) is 0 Å². The van der Waals surface area contributed by atoms with E-state index in [2.05, 4.69) is 10.6 Å². The molecule has 0 bridgehead atoms. The first-order valence-electron chi connectivity index (χ1n) is 8.73. The smallest absolute Gasteiger partial charge is 0.255 e. The normalized spacial score (nSPS) is 10.7. The van der Waals surface area contributed by atoms with Gasteiger partial charge >= 0.3 is 0 Å². The van der Waals surface area contributed by atoms with Gasteiger partial charge in [-0.25, -0.2) is 0 Å². The molecule has 2 amide bonds. The average molecular weight is 408 g/mol. The van der Waals surface area contributed by atoms with E-state index in [-0.39, 0.29) is 11.8 Å². The topological polar surface area (TPSA) is 61.4 Å². The Morgan fingerprint density at radius 3 is 2.26 bits per heavy atom. The molecule has 7 heteroatoms. The zero-order chi connectivity index (χ0) is 20.0. The molecule has 0 heterocycles. The number of carbonyl (C=O) groups excluding carboxylic acids is 2. The minimum absolute atomic E-state index is 0.0607. The van der Waals surface area contributed by atoms with Crippen LogP contribution in [0.4, 0.5) is 11.4 Å². The number of anilines is 2. The number of amides is 2. The summed E-state index contributed by atoms with van der Waals surface area (Å²) in [6, 6.07) is 10.0. The van der Waals surface area contributed by atoms with Crippen molar-refractivity contribution in [3.8, 4) is 0 Å². The van der Waals surface area contributed by atoms with E-state index in [1.807, 2.05) is 31.7 Å². The average Bonchev–Trinajstić information content (AvgIpc) is 2.64. The molecule has 0 aliphatic carbocycles. The van der Waals surface area contributed by atoms with Crippen LogP contribution in [0, 0.1) is 6.92 Å². The molecule has 0 unspecified atom stereocenters. The lowest BCUT2D eigenvalue weighted by Gasteiger charge is -2.18. The van der Waals surface area contributed by atoms with E-state index in [0.717, 1.165) is 24.3 Å². The van der Waals surface area contributed by atoms with Crippen LogP contribution >= 0.6 is 23.2 Å². The maximum atomic E-state index is 12.4. The molecule has 2 N–H and O–H groups in total. The van der Waals surface area contributed by atoms with Gasteiger partial charge in [0.05, 0.1) is 16.6 Å². The van der Waals surface area contributed by atoms with Crippen molar-refractivity contribution in [2.75, 3.05) is 30.3 Å². The van der Waals surface area contributed by atoms with Crippen molar-refractivity contribution < 1.29 is 9.59 Å². The molecule has 2 rings (SSSR count). The van der Waals surface area contributed by atoms with Crippen LogP contribution < -0.4 is 10.6 Å². The first-order chi connectivity index (χ1) is 12.8.